The predicted molar refractivity (Wildman–Crippen MR) is 83.2 cm³/mol. The Kier molecular flexibility index (Phi) is 7.51. The zero-order chi connectivity index (χ0) is 16.4. The second-order valence-electron chi connectivity index (χ2n) is 4.79. The molecule has 6 nitrogen and oxygen atoms in total. The summed E-state index contributed by atoms with van der Waals surface area (Å²) in [4.78, 5) is 12.8. The number of ether oxygens (including phenoxy) is 2. The van der Waals surface area contributed by atoms with Crippen LogP contribution >= 0.6 is 0 Å². The van der Waals surface area contributed by atoms with E-state index in [4.69, 9.17) is 20.5 Å². The minimum absolute atomic E-state index is 0.0297. The maximum Gasteiger partial charge on any atom is 0.404 e. The lowest BCUT2D eigenvalue weighted by atomic mass is 10.1. The molecule has 1 amide bonds. The first kappa shape index (κ1) is 17.5. The molecule has 1 aromatic carbocycles. The van der Waals surface area contributed by atoms with E-state index in [-0.39, 0.29) is 12.6 Å². The molecule has 1 rings (SSSR count). The summed E-state index contributed by atoms with van der Waals surface area (Å²) < 4.78 is 9.99. The summed E-state index contributed by atoms with van der Waals surface area (Å²) in [5.41, 5.74) is 6.09. The lowest BCUT2D eigenvalue weighted by molar-refractivity contribution is 0.105. The van der Waals surface area contributed by atoms with Gasteiger partial charge >= 0.3 is 6.09 Å². The van der Waals surface area contributed by atoms with E-state index >= 15 is 0 Å². The fourth-order valence-corrected chi connectivity index (χ4v) is 1.91. The van der Waals surface area contributed by atoms with E-state index in [1.54, 1.807) is 13.2 Å². The molecule has 0 aliphatic rings. The Morgan fingerprint density at radius 1 is 1.45 bits per heavy atom. The Morgan fingerprint density at radius 3 is 2.68 bits per heavy atom. The van der Waals surface area contributed by atoms with Crippen LogP contribution in [0.5, 0.6) is 5.75 Å². The van der Waals surface area contributed by atoms with Gasteiger partial charge in [-0.3, -0.25) is 4.90 Å². The summed E-state index contributed by atoms with van der Waals surface area (Å²) >= 11 is 0. The van der Waals surface area contributed by atoms with Crippen LogP contribution in [0.3, 0.4) is 0 Å². The number of nitrogens with zero attached hydrogens (tertiary/aromatic N) is 2. The maximum atomic E-state index is 10.7. The van der Waals surface area contributed by atoms with Crippen molar-refractivity contribution in [2.24, 2.45) is 5.73 Å². The van der Waals surface area contributed by atoms with Crippen molar-refractivity contribution in [2.45, 2.75) is 19.5 Å². The Balaban J connectivity index is 2.72. The quantitative estimate of drug-likeness (QED) is 0.743. The van der Waals surface area contributed by atoms with Gasteiger partial charge < -0.3 is 15.2 Å². The molecule has 0 aliphatic heterocycles. The molecule has 0 heterocycles. The SMILES string of the molecule is COc1ccc(CN(C/C=C/C#N)C(C)COC(N)=O)cc1. The molecule has 1 unspecified atom stereocenters. The number of allylic oxidation sites excluding steroid dienone is 1. The zero-order valence-electron chi connectivity index (χ0n) is 12.9. The van der Waals surface area contributed by atoms with Gasteiger partial charge in [-0.15, -0.1) is 0 Å². The van der Waals surface area contributed by atoms with Crippen molar-refractivity contribution in [3.05, 3.63) is 42.0 Å². The van der Waals surface area contributed by atoms with Gasteiger partial charge in [0.15, 0.2) is 0 Å². The first-order valence-electron chi connectivity index (χ1n) is 6.90. The molecule has 1 atom stereocenters. The first-order chi connectivity index (χ1) is 10.6. The largest absolute Gasteiger partial charge is 0.497 e. The van der Waals surface area contributed by atoms with Crippen LogP contribution in [-0.4, -0.2) is 37.3 Å². The van der Waals surface area contributed by atoms with E-state index in [0.29, 0.717) is 13.1 Å². The minimum atomic E-state index is -0.788. The highest BCUT2D eigenvalue weighted by molar-refractivity contribution is 5.64. The van der Waals surface area contributed by atoms with Crippen molar-refractivity contribution >= 4 is 6.09 Å². The van der Waals surface area contributed by atoms with Crippen LogP contribution < -0.4 is 10.5 Å². The summed E-state index contributed by atoms with van der Waals surface area (Å²) in [7, 11) is 1.62. The van der Waals surface area contributed by atoms with Gasteiger partial charge in [-0.25, -0.2) is 4.79 Å². The second-order valence-corrected chi connectivity index (χ2v) is 4.79. The van der Waals surface area contributed by atoms with Crippen molar-refractivity contribution in [3.63, 3.8) is 0 Å². The number of amides is 1. The maximum absolute atomic E-state index is 10.7. The number of nitriles is 1. The summed E-state index contributed by atoms with van der Waals surface area (Å²) in [6.45, 7) is 3.37. The van der Waals surface area contributed by atoms with E-state index in [0.717, 1.165) is 11.3 Å². The molecule has 0 bridgehead atoms. The Bertz CT molecular complexity index is 535. The van der Waals surface area contributed by atoms with Crippen molar-refractivity contribution in [2.75, 3.05) is 20.3 Å². The lowest BCUT2D eigenvalue weighted by Crippen LogP contribution is -2.37. The predicted octanol–water partition coefficient (Wildman–Crippen LogP) is 2.06. The van der Waals surface area contributed by atoms with Gasteiger partial charge in [0.2, 0.25) is 0 Å². The molecule has 0 aliphatic carbocycles. The molecule has 22 heavy (non-hydrogen) atoms. The number of carbonyl (C=O) groups excluding carboxylic acids is 1. The normalized spacial score (nSPS) is 12.1. The number of primary amides is 1. The van der Waals surface area contributed by atoms with Crippen LogP contribution in [0.25, 0.3) is 0 Å². The summed E-state index contributed by atoms with van der Waals surface area (Å²) in [6, 6.07) is 9.66. The van der Waals surface area contributed by atoms with E-state index < -0.39 is 6.09 Å². The molecule has 0 saturated heterocycles. The van der Waals surface area contributed by atoms with Gasteiger partial charge in [0.1, 0.15) is 12.4 Å². The number of hydrogen-bond donors (Lipinski definition) is 1. The highest BCUT2D eigenvalue weighted by Crippen LogP contribution is 2.14. The van der Waals surface area contributed by atoms with Gasteiger partial charge in [-0.2, -0.15) is 5.26 Å². The summed E-state index contributed by atoms with van der Waals surface area (Å²) in [5, 5.41) is 8.59. The van der Waals surface area contributed by atoms with E-state index in [2.05, 4.69) is 4.90 Å². The van der Waals surface area contributed by atoms with Crippen LogP contribution in [-0.2, 0) is 11.3 Å². The zero-order valence-corrected chi connectivity index (χ0v) is 12.9. The number of nitrogens with two attached hydrogens (primary N) is 1. The topological polar surface area (TPSA) is 88.6 Å². The van der Waals surface area contributed by atoms with Crippen molar-refractivity contribution in [1.29, 1.82) is 5.26 Å². The molecule has 0 fully saturated rings. The molecule has 6 heteroatoms. The Hall–Kier alpha value is -2.52. The smallest absolute Gasteiger partial charge is 0.404 e. The van der Waals surface area contributed by atoms with Gasteiger partial charge in [0.25, 0.3) is 0 Å². The highest BCUT2D eigenvalue weighted by Gasteiger charge is 2.14. The molecule has 2 N–H and O–H groups in total. The molecule has 1 aromatic rings. The van der Waals surface area contributed by atoms with Crippen molar-refractivity contribution < 1.29 is 14.3 Å². The fourth-order valence-electron chi connectivity index (χ4n) is 1.91. The standard InChI is InChI=1S/C16H21N3O3/c1-13(12-22-16(18)20)19(10-4-3-9-17)11-14-5-7-15(21-2)8-6-14/h3-8,13H,10-12H2,1-2H3,(H2,18,20)/b4-3+. The molecule has 0 radical (unpaired) electrons. The summed E-state index contributed by atoms with van der Waals surface area (Å²) in [6.07, 6.45) is 2.41. The van der Waals surface area contributed by atoms with Gasteiger partial charge in [0.05, 0.1) is 13.2 Å². The number of benzene rings is 1. The number of carbonyl (C=O) groups is 1. The lowest BCUT2D eigenvalue weighted by Gasteiger charge is -2.27. The first-order valence-corrected chi connectivity index (χ1v) is 6.90. The number of methoxy groups -OCH3 is 1. The Labute approximate surface area is 130 Å². The van der Waals surface area contributed by atoms with E-state index in [1.165, 1.54) is 6.08 Å². The van der Waals surface area contributed by atoms with Crippen LogP contribution in [0, 0.1) is 11.3 Å². The van der Waals surface area contributed by atoms with Crippen LogP contribution in [0.2, 0.25) is 0 Å². The average Bonchev–Trinajstić information content (AvgIpc) is 2.52. The van der Waals surface area contributed by atoms with E-state index in [9.17, 15) is 4.79 Å². The third kappa shape index (κ3) is 6.29. The highest BCUT2D eigenvalue weighted by atomic mass is 16.5. The molecule has 0 aromatic heterocycles. The minimum Gasteiger partial charge on any atom is -0.497 e. The molecule has 0 spiro atoms. The van der Waals surface area contributed by atoms with Crippen LogP contribution in [0.15, 0.2) is 36.4 Å². The third-order valence-corrected chi connectivity index (χ3v) is 3.17. The second kappa shape index (κ2) is 9.42. The van der Waals surface area contributed by atoms with Crippen LogP contribution in [0.1, 0.15) is 12.5 Å². The Morgan fingerprint density at radius 2 is 2.14 bits per heavy atom. The number of rotatable bonds is 8. The van der Waals surface area contributed by atoms with Crippen LogP contribution in [0.4, 0.5) is 4.79 Å². The fraction of sp³-hybridized carbons (Fsp3) is 0.375. The van der Waals surface area contributed by atoms with E-state index in [1.807, 2.05) is 37.3 Å². The molecular formula is C16H21N3O3. The van der Waals surface area contributed by atoms with Gasteiger partial charge in [0, 0.05) is 25.2 Å². The van der Waals surface area contributed by atoms with Crippen molar-refractivity contribution in [1.82, 2.24) is 4.90 Å². The molecule has 118 valence electrons. The van der Waals surface area contributed by atoms with Gasteiger partial charge in [-0.05, 0) is 24.6 Å². The molecule has 0 saturated carbocycles. The average molecular weight is 303 g/mol. The van der Waals surface area contributed by atoms with Gasteiger partial charge in [-0.1, -0.05) is 18.2 Å². The summed E-state index contributed by atoms with van der Waals surface area (Å²) in [5.74, 6) is 0.796. The third-order valence-electron chi connectivity index (χ3n) is 3.17. The number of hydrogen-bond acceptors (Lipinski definition) is 5. The van der Waals surface area contributed by atoms with Crippen molar-refractivity contribution in [3.8, 4) is 11.8 Å². The monoisotopic (exact) mass is 303 g/mol. The molecular weight excluding hydrogens is 282 g/mol.